The first-order valence-corrected chi connectivity index (χ1v) is 5.98. The van der Waals surface area contributed by atoms with Gasteiger partial charge < -0.3 is 10.6 Å². The lowest BCUT2D eigenvalue weighted by Crippen LogP contribution is -2.20. The highest BCUT2D eigenvalue weighted by atomic mass is 32.1. The molecule has 0 radical (unpaired) electrons. The molecular formula is C13H14N4S. The molecule has 0 amide bonds. The summed E-state index contributed by atoms with van der Waals surface area (Å²) in [5.74, 6) is 0.625. The van der Waals surface area contributed by atoms with E-state index in [1.165, 1.54) is 11.1 Å². The number of aryl methyl sites for hydroxylation is 1. The van der Waals surface area contributed by atoms with Crippen molar-refractivity contribution < 1.29 is 0 Å². The standard InChI is InChI=1S/C13H14N4S/c1-9-4-3-5-11(10(9)2)16-13(18)17-12-8-14-6-7-15-12/h3-8H,1-2H3,(H2,15,16,17,18). The molecule has 0 aliphatic carbocycles. The average molecular weight is 258 g/mol. The largest absolute Gasteiger partial charge is 0.332 e. The van der Waals surface area contributed by atoms with Crippen LogP contribution in [-0.4, -0.2) is 15.1 Å². The van der Waals surface area contributed by atoms with Crippen molar-refractivity contribution in [3.63, 3.8) is 0 Å². The Morgan fingerprint density at radius 2 is 2.00 bits per heavy atom. The maximum atomic E-state index is 5.23. The number of anilines is 2. The van der Waals surface area contributed by atoms with Gasteiger partial charge in [0.2, 0.25) is 0 Å². The van der Waals surface area contributed by atoms with Crippen LogP contribution in [0.15, 0.2) is 36.8 Å². The quantitative estimate of drug-likeness (QED) is 0.811. The van der Waals surface area contributed by atoms with Gasteiger partial charge >= 0.3 is 0 Å². The minimum absolute atomic E-state index is 0.504. The molecule has 2 N–H and O–H groups in total. The Hall–Kier alpha value is -2.01. The van der Waals surface area contributed by atoms with Gasteiger partial charge in [-0.05, 0) is 43.3 Å². The molecule has 0 unspecified atom stereocenters. The number of benzene rings is 1. The zero-order chi connectivity index (χ0) is 13.0. The predicted octanol–water partition coefficient (Wildman–Crippen LogP) is 2.90. The lowest BCUT2D eigenvalue weighted by Gasteiger charge is -2.12. The molecule has 18 heavy (non-hydrogen) atoms. The van der Waals surface area contributed by atoms with Gasteiger partial charge in [-0.15, -0.1) is 0 Å². The highest BCUT2D eigenvalue weighted by Gasteiger charge is 2.03. The average Bonchev–Trinajstić information content (AvgIpc) is 2.36. The summed E-state index contributed by atoms with van der Waals surface area (Å²) in [5, 5.41) is 6.64. The Balaban J connectivity index is 2.06. The van der Waals surface area contributed by atoms with E-state index in [1.807, 2.05) is 12.1 Å². The number of aromatic nitrogens is 2. The van der Waals surface area contributed by atoms with Gasteiger partial charge in [0.1, 0.15) is 0 Å². The second-order valence-corrected chi connectivity index (χ2v) is 4.33. The Morgan fingerprint density at radius 1 is 1.17 bits per heavy atom. The van der Waals surface area contributed by atoms with Gasteiger partial charge in [-0.2, -0.15) is 0 Å². The fourth-order valence-corrected chi connectivity index (χ4v) is 1.73. The van der Waals surface area contributed by atoms with Gasteiger partial charge in [-0.25, -0.2) is 4.98 Å². The Labute approximate surface area is 111 Å². The van der Waals surface area contributed by atoms with E-state index < -0.39 is 0 Å². The second kappa shape index (κ2) is 5.55. The molecule has 0 bridgehead atoms. The fraction of sp³-hybridized carbons (Fsp3) is 0.154. The zero-order valence-electron chi connectivity index (χ0n) is 10.3. The monoisotopic (exact) mass is 258 g/mol. The van der Waals surface area contributed by atoms with Crippen LogP contribution in [0.1, 0.15) is 11.1 Å². The lowest BCUT2D eigenvalue weighted by atomic mass is 10.1. The molecule has 1 heterocycles. The normalized spacial score (nSPS) is 9.89. The number of nitrogens with one attached hydrogen (secondary N) is 2. The molecular weight excluding hydrogens is 244 g/mol. The van der Waals surface area contributed by atoms with Crippen LogP contribution < -0.4 is 10.6 Å². The molecule has 1 aromatic carbocycles. The minimum Gasteiger partial charge on any atom is -0.332 e. The molecule has 2 aromatic rings. The minimum atomic E-state index is 0.504. The Morgan fingerprint density at radius 3 is 2.72 bits per heavy atom. The third kappa shape index (κ3) is 3.01. The van der Waals surface area contributed by atoms with Crippen molar-refractivity contribution >= 4 is 28.8 Å². The van der Waals surface area contributed by atoms with Crippen molar-refractivity contribution in [2.24, 2.45) is 0 Å². The Kier molecular flexibility index (Phi) is 3.84. The van der Waals surface area contributed by atoms with Crippen LogP contribution in [0.3, 0.4) is 0 Å². The summed E-state index contributed by atoms with van der Waals surface area (Å²) in [4.78, 5) is 8.06. The van der Waals surface area contributed by atoms with Crippen molar-refractivity contribution in [1.29, 1.82) is 0 Å². The summed E-state index contributed by atoms with van der Waals surface area (Å²) in [6.07, 6.45) is 4.85. The fourth-order valence-electron chi connectivity index (χ4n) is 1.52. The van der Waals surface area contributed by atoms with E-state index in [0.717, 1.165) is 5.69 Å². The molecule has 0 atom stereocenters. The van der Waals surface area contributed by atoms with Gasteiger partial charge in [-0.1, -0.05) is 12.1 Å². The third-order valence-corrected chi connectivity index (χ3v) is 2.86. The van der Waals surface area contributed by atoms with E-state index in [4.69, 9.17) is 12.2 Å². The molecule has 92 valence electrons. The van der Waals surface area contributed by atoms with Crippen LogP contribution >= 0.6 is 12.2 Å². The van der Waals surface area contributed by atoms with E-state index in [1.54, 1.807) is 18.6 Å². The molecule has 0 saturated carbocycles. The van der Waals surface area contributed by atoms with Crippen molar-refractivity contribution in [2.75, 3.05) is 10.6 Å². The molecule has 0 aliphatic rings. The van der Waals surface area contributed by atoms with E-state index in [2.05, 4.69) is 40.5 Å². The number of nitrogens with zero attached hydrogens (tertiary/aromatic N) is 2. The first-order chi connectivity index (χ1) is 8.66. The van der Waals surface area contributed by atoms with Crippen molar-refractivity contribution in [3.05, 3.63) is 47.9 Å². The van der Waals surface area contributed by atoms with Crippen LogP contribution in [0, 0.1) is 13.8 Å². The molecule has 0 spiro atoms. The number of hydrogen-bond acceptors (Lipinski definition) is 3. The Bertz CT molecular complexity index is 554. The van der Waals surface area contributed by atoms with Crippen LogP contribution in [-0.2, 0) is 0 Å². The second-order valence-electron chi connectivity index (χ2n) is 3.92. The lowest BCUT2D eigenvalue weighted by molar-refractivity contribution is 1.21. The van der Waals surface area contributed by atoms with Crippen LogP contribution in [0.2, 0.25) is 0 Å². The molecule has 0 fully saturated rings. The number of rotatable bonds is 2. The molecule has 2 rings (SSSR count). The SMILES string of the molecule is Cc1cccc(NC(=S)Nc2cnccn2)c1C. The maximum absolute atomic E-state index is 5.23. The highest BCUT2D eigenvalue weighted by molar-refractivity contribution is 7.80. The first kappa shape index (κ1) is 12.4. The number of thiocarbonyl (C=S) groups is 1. The summed E-state index contributed by atoms with van der Waals surface area (Å²) in [6.45, 7) is 4.13. The summed E-state index contributed by atoms with van der Waals surface area (Å²) in [6, 6.07) is 6.06. The van der Waals surface area contributed by atoms with E-state index in [-0.39, 0.29) is 0 Å². The van der Waals surface area contributed by atoms with Crippen molar-refractivity contribution in [1.82, 2.24) is 9.97 Å². The van der Waals surface area contributed by atoms with Crippen LogP contribution in [0.4, 0.5) is 11.5 Å². The van der Waals surface area contributed by atoms with Gasteiger partial charge in [-0.3, -0.25) is 4.98 Å². The number of hydrogen-bond donors (Lipinski definition) is 2. The summed E-state index contributed by atoms with van der Waals surface area (Å²) in [7, 11) is 0. The molecule has 1 aromatic heterocycles. The van der Waals surface area contributed by atoms with Crippen molar-refractivity contribution in [2.45, 2.75) is 13.8 Å². The van der Waals surface area contributed by atoms with Crippen LogP contribution in [0.5, 0.6) is 0 Å². The summed E-state index contributed by atoms with van der Waals surface area (Å²) < 4.78 is 0. The molecule has 0 aliphatic heterocycles. The van der Waals surface area contributed by atoms with E-state index in [9.17, 15) is 0 Å². The topological polar surface area (TPSA) is 49.8 Å². The third-order valence-electron chi connectivity index (χ3n) is 2.66. The molecule has 4 nitrogen and oxygen atoms in total. The zero-order valence-corrected chi connectivity index (χ0v) is 11.1. The predicted molar refractivity (Wildman–Crippen MR) is 77.8 cm³/mol. The molecule has 0 saturated heterocycles. The first-order valence-electron chi connectivity index (χ1n) is 5.57. The molecule has 5 heteroatoms. The smallest absolute Gasteiger partial charge is 0.176 e. The van der Waals surface area contributed by atoms with Gasteiger partial charge in [0, 0.05) is 18.1 Å². The summed E-state index contributed by atoms with van der Waals surface area (Å²) in [5.41, 5.74) is 3.40. The summed E-state index contributed by atoms with van der Waals surface area (Å²) >= 11 is 5.23. The van der Waals surface area contributed by atoms with Crippen LogP contribution in [0.25, 0.3) is 0 Å². The van der Waals surface area contributed by atoms with E-state index in [0.29, 0.717) is 10.9 Å². The van der Waals surface area contributed by atoms with Gasteiger partial charge in [0.05, 0.1) is 6.20 Å². The van der Waals surface area contributed by atoms with Crippen molar-refractivity contribution in [3.8, 4) is 0 Å². The highest BCUT2D eigenvalue weighted by Crippen LogP contribution is 2.18. The maximum Gasteiger partial charge on any atom is 0.176 e. The van der Waals surface area contributed by atoms with Gasteiger partial charge in [0.15, 0.2) is 10.9 Å². The van der Waals surface area contributed by atoms with Gasteiger partial charge in [0.25, 0.3) is 0 Å². The van der Waals surface area contributed by atoms with E-state index >= 15 is 0 Å².